The van der Waals surface area contributed by atoms with E-state index in [1.54, 1.807) is 10.7 Å². The standard InChI is InChI=1S/C13H19N3O3S/c1-4-16-10(5-9(14-16)8(2)3)12(17)15-7-20-6-11(15)13(18)19/h5,8,11H,4,6-7H2,1-3H3,(H,18,19). The fourth-order valence-electron chi connectivity index (χ4n) is 2.13. The first kappa shape index (κ1) is 14.9. The molecule has 7 heteroatoms. The number of carboxylic acid groups (broad SMARTS) is 1. The summed E-state index contributed by atoms with van der Waals surface area (Å²) < 4.78 is 1.65. The van der Waals surface area contributed by atoms with Gasteiger partial charge in [0.15, 0.2) is 0 Å². The van der Waals surface area contributed by atoms with Gasteiger partial charge in [-0.05, 0) is 18.9 Å². The first-order chi connectivity index (χ1) is 9.45. The number of thioether (sulfide) groups is 1. The second-order valence-corrected chi connectivity index (χ2v) is 6.05. The zero-order chi connectivity index (χ0) is 14.9. The second kappa shape index (κ2) is 5.87. The fourth-order valence-corrected chi connectivity index (χ4v) is 3.27. The lowest BCUT2D eigenvalue weighted by Gasteiger charge is -2.20. The molecule has 1 saturated heterocycles. The molecule has 1 aliphatic heterocycles. The van der Waals surface area contributed by atoms with Gasteiger partial charge in [-0.2, -0.15) is 5.10 Å². The number of carboxylic acids is 1. The van der Waals surface area contributed by atoms with Crippen LogP contribution < -0.4 is 0 Å². The van der Waals surface area contributed by atoms with Crippen LogP contribution >= 0.6 is 11.8 Å². The van der Waals surface area contributed by atoms with Crippen molar-refractivity contribution in [3.63, 3.8) is 0 Å². The molecule has 1 aliphatic rings. The van der Waals surface area contributed by atoms with Crippen LogP contribution in [0.3, 0.4) is 0 Å². The van der Waals surface area contributed by atoms with E-state index >= 15 is 0 Å². The topological polar surface area (TPSA) is 75.4 Å². The minimum Gasteiger partial charge on any atom is -0.480 e. The molecule has 20 heavy (non-hydrogen) atoms. The second-order valence-electron chi connectivity index (χ2n) is 5.05. The molecule has 1 aromatic heterocycles. The van der Waals surface area contributed by atoms with E-state index in [-0.39, 0.29) is 11.8 Å². The van der Waals surface area contributed by atoms with Crippen molar-refractivity contribution in [1.82, 2.24) is 14.7 Å². The molecule has 0 saturated carbocycles. The third kappa shape index (κ3) is 2.67. The maximum Gasteiger partial charge on any atom is 0.327 e. The normalized spacial score (nSPS) is 18.8. The third-order valence-electron chi connectivity index (χ3n) is 3.34. The number of nitrogens with zero attached hydrogens (tertiary/aromatic N) is 3. The minimum absolute atomic E-state index is 0.234. The Balaban J connectivity index is 2.30. The SMILES string of the molecule is CCn1nc(C(C)C)cc1C(=O)N1CSCC1C(=O)O. The smallest absolute Gasteiger partial charge is 0.327 e. The molecule has 1 unspecified atom stereocenters. The Morgan fingerprint density at radius 3 is 2.80 bits per heavy atom. The van der Waals surface area contributed by atoms with Crippen LogP contribution in [0.2, 0.25) is 0 Å². The van der Waals surface area contributed by atoms with Crippen molar-refractivity contribution in [3.8, 4) is 0 Å². The van der Waals surface area contributed by atoms with E-state index < -0.39 is 12.0 Å². The quantitative estimate of drug-likeness (QED) is 0.914. The molecule has 1 atom stereocenters. The maximum atomic E-state index is 12.6. The predicted molar refractivity (Wildman–Crippen MR) is 76.9 cm³/mol. The number of carbonyl (C=O) groups excluding carboxylic acids is 1. The Morgan fingerprint density at radius 2 is 2.25 bits per heavy atom. The lowest BCUT2D eigenvalue weighted by Crippen LogP contribution is -2.42. The van der Waals surface area contributed by atoms with Crippen LogP contribution in [0.5, 0.6) is 0 Å². The van der Waals surface area contributed by atoms with Gasteiger partial charge in [0.1, 0.15) is 11.7 Å². The van der Waals surface area contributed by atoms with Crippen molar-refractivity contribution in [3.05, 3.63) is 17.5 Å². The summed E-state index contributed by atoms with van der Waals surface area (Å²) in [6, 6.07) is 1.04. The number of amides is 1. The van der Waals surface area contributed by atoms with Gasteiger partial charge in [-0.25, -0.2) is 4.79 Å². The number of carbonyl (C=O) groups is 2. The van der Waals surface area contributed by atoms with E-state index in [4.69, 9.17) is 5.11 Å². The number of hydrogen-bond donors (Lipinski definition) is 1. The number of aromatic nitrogens is 2. The molecule has 0 aromatic carbocycles. The lowest BCUT2D eigenvalue weighted by molar-refractivity contribution is -0.140. The van der Waals surface area contributed by atoms with Crippen molar-refractivity contribution in [2.45, 2.75) is 39.3 Å². The van der Waals surface area contributed by atoms with Crippen LogP contribution in [0.1, 0.15) is 42.9 Å². The molecular weight excluding hydrogens is 278 g/mol. The molecule has 1 N–H and O–H groups in total. The van der Waals surface area contributed by atoms with E-state index in [0.29, 0.717) is 23.9 Å². The summed E-state index contributed by atoms with van der Waals surface area (Å²) in [5.74, 6) is -0.101. The highest BCUT2D eigenvalue weighted by Crippen LogP contribution is 2.24. The summed E-state index contributed by atoms with van der Waals surface area (Å²) in [5, 5.41) is 13.6. The highest BCUT2D eigenvalue weighted by atomic mass is 32.2. The van der Waals surface area contributed by atoms with Gasteiger partial charge in [0.2, 0.25) is 0 Å². The number of aryl methyl sites for hydroxylation is 1. The van der Waals surface area contributed by atoms with E-state index in [9.17, 15) is 9.59 Å². The van der Waals surface area contributed by atoms with Crippen molar-refractivity contribution >= 4 is 23.6 Å². The molecule has 110 valence electrons. The number of rotatable bonds is 4. The molecular formula is C13H19N3O3S. The molecule has 0 spiro atoms. The lowest BCUT2D eigenvalue weighted by atomic mass is 10.1. The summed E-state index contributed by atoms with van der Waals surface area (Å²) in [5.41, 5.74) is 1.33. The molecule has 0 bridgehead atoms. The first-order valence-electron chi connectivity index (χ1n) is 6.65. The van der Waals surface area contributed by atoms with Crippen molar-refractivity contribution in [1.29, 1.82) is 0 Å². The van der Waals surface area contributed by atoms with E-state index in [1.807, 2.05) is 20.8 Å². The van der Waals surface area contributed by atoms with Crippen LogP contribution in [0.4, 0.5) is 0 Å². The molecule has 6 nitrogen and oxygen atoms in total. The first-order valence-corrected chi connectivity index (χ1v) is 7.80. The van der Waals surface area contributed by atoms with Gasteiger partial charge in [-0.3, -0.25) is 9.48 Å². The van der Waals surface area contributed by atoms with Crippen molar-refractivity contribution in [2.24, 2.45) is 0 Å². The van der Waals surface area contributed by atoms with Gasteiger partial charge in [0.05, 0.1) is 11.6 Å². The maximum absolute atomic E-state index is 12.6. The minimum atomic E-state index is -0.949. The Labute approximate surface area is 122 Å². The van der Waals surface area contributed by atoms with Gasteiger partial charge >= 0.3 is 5.97 Å². The Morgan fingerprint density at radius 1 is 1.55 bits per heavy atom. The molecule has 2 rings (SSSR count). The van der Waals surface area contributed by atoms with Gasteiger partial charge in [-0.1, -0.05) is 13.8 Å². The van der Waals surface area contributed by atoms with Gasteiger partial charge in [0.25, 0.3) is 5.91 Å². The summed E-state index contributed by atoms with van der Waals surface area (Å²) in [7, 11) is 0. The third-order valence-corrected chi connectivity index (χ3v) is 4.35. The number of hydrogen-bond acceptors (Lipinski definition) is 4. The van der Waals surface area contributed by atoms with E-state index in [0.717, 1.165) is 5.69 Å². The largest absolute Gasteiger partial charge is 0.480 e. The monoisotopic (exact) mass is 297 g/mol. The Kier molecular flexibility index (Phi) is 4.37. The van der Waals surface area contributed by atoms with Crippen molar-refractivity contribution in [2.75, 3.05) is 11.6 Å². The highest BCUT2D eigenvalue weighted by Gasteiger charge is 2.36. The van der Waals surface area contributed by atoms with Crippen LogP contribution in [0, 0.1) is 0 Å². The summed E-state index contributed by atoms with van der Waals surface area (Å²) in [6.45, 7) is 6.54. The Hall–Kier alpha value is -1.50. The predicted octanol–water partition coefficient (Wildman–Crippen LogP) is 1.63. The average Bonchev–Trinajstić information content (AvgIpc) is 3.04. The molecule has 1 amide bonds. The van der Waals surface area contributed by atoms with Gasteiger partial charge < -0.3 is 10.0 Å². The average molecular weight is 297 g/mol. The van der Waals surface area contributed by atoms with Crippen LogP contribution in [-0.4, -0.2) is 49.3 Å². The van der Waals surface area contributed by atoms with Crippen LogP contribution in [0.15, 0.2) is 6.07 Å². The molecule has 1 aromatic rings. The fraction of sp³-hybridized carbons (Fsp3) is 0.615. The summed E-state index contributed by atoms with van der Waals surface area (Å²) >= 11 is 1.46. The highest BCUT2D eigenvalue weighted by molar-refractivity contribution is 7.99. The van der Waals surface area contributed by atoms with Gasteiger partial charge in [0, 0.05) is 12.3 Å². The molecule has 0 radical (unpaired) electrons. The zero-order valence-electron chi connectivity index (χ0n) is 11.9. The van der Waals surface area contributed by atoms with Crippen LogP contribution in [-0.2, 0) is 11.3 Å². The zero-order valence-corrected chi connectivity index (χ0v) is 12.7. The van der Waals surface area contributed by atoms with E-state index in [1.165, 1.54) is 16.7 Å². The molecule has 1 fully saturated rings. The number of aliphatic carboxylic acids is 1. The molecule has 2 heterocycles. The summed E-state index contributed by atoms with van der Waals surface area (Å²) in [4.78, 5) is 25.2. The molecule has 0 aliphatic carbocycles. The van der Waals surface area contributed by atoms with Crippen LogP contribution in [0.25, 0.3) is 0 Å². The van der Waals surface area contributed by atoms with Gasteiger partial charge in [-0.15, -0.1) is 11.8 Å². The van der Waals surface area contributed by atoms with E-state index in [2.05, 4.69) is 5.10 Å². The summed E-state index contributed by atoms with van der Waals surface area (Å²) in [6.07, 6.45) is 0. The Bertz CT molecular complexity index is 527. The van der Waals surface area contributed by atoms with Crippen molar-refractivity contribution < 1.29 is 14.7 Å².